The lowest BCUT2D eigenvalue weighted by molar-refractivity contribution is -0.137. The summed E-state index contributed by atoms with van der Waals surface area (Å²) in [5.41, 5.74) is -1.35. The Labute approximate surface area is 158 Å². The molecule has 1 atom stereocenters. The molecule has 8 nitrogen and oxygen atoms in total. The summed E-state index contributed by atoms with van der Waals surface area (Å²) in [6.07, 6.45) is -1.25. The average molecular weight is 397 g/mol. The fourth-order valence-electron chi connectivity index (χ4n) is 2.74. The van der Waals surface area contributed by atoms with Crippen LogP contribution >= 0.6 is 0 Å². The molecule has 11 heteroatoms. The highest BCUT2D eigenvalue weighted by Gasteiger charge is 2.32. The van der Waals surface area contributed by atoms with Crippen LogP contribution in [0.4, 0.5) is 18.9 Å². The quantitative estimate of drug-likeness (QED) is 0.775. The first-order chi connectivity index (χ1) is 13.3. The lowest BCUT2D eigenvalue weighted by Gasteiger charge is -2.15. The van der Waals surface area contributed by atoms with Crippen molar-refractivity contribution in [3.63, 3.8) is 0 Å². The van der Waals surface area contributed by atoms with E-state index >= 15 is 0 Å². The summed E-state index contributed by atoms with van der Waals surface area (Å²) in [7, 11) is 0. The normalized spacial score (nSPS) is 16.8. The summed E-state index contributed by atoms with van der Waals surface area (Å²) in [5, 5.41) is 12.2. The molecule has 2 heterocycles. The lowest BCUT2D eigenvalue weighted by Crippen LogP contribution is -2.29. The molecule has 1 fully saturated rings. The van der Waals surface area contributed by atoms with Crippen LogP contribution in [0.25, 0.3) is 0 Å². The number of halogens is 3. The van der Waals surface area contributed by atoms with Crippen molar-refractivity contribution in [2.45, 2.75) is 31.7 Å². The molecule has 0 saturated carbocycles. The van der Waals surface area contributed by atoms with Crippen LogP contribution in [0.3, 0.4) is 0 Å². The molecule has 0 aliphatic carbocycles. The number of nitrogens with one attached hydrogen (secondary N) is 2. The van der Waals surface area contributed by atoms with E-state index in [4.69, 9.17) is 4.74 Å². The van der Waals surface area contributed by atoms with Crippen LogP contribution in [-0.2, 0) is 22.3 Å². The smallest absolute Gasteiger partial charge is 0.368 e. The number of hydrogen-bond acceptors (Lipinski definition) is 5. The van der Waals surface area contributed by atoms with E-state index in [1.165, 1.54) is 18.7 Å². The number of carbonyl (C=O) groups excluding carboxylic acids is 2. The maximum atomic E-state index is 13.2. The summed E-state index contributed by atoms with van der Waals surface area (Å²) < 4.78 is 46.4. The molecular formula is C17H18F3N5O3. The van der Waals surface area contributed by atoms with E-state index in [2.05, 4.69) is 20.8 Å². The fraction of sp³-hybridized carbons (Fsp3) is 0.412. The zero-order chi connectivity index (χ0) is 20.1. The highest BCUT2D eigenvalue weighted by atomic mass is 19.4. The van der Waals surface area contributed by atoms with E-state index in [-0.39, 0.29) is 17.8 Å². The number of anilines is 1. The number of rotatable bonds is 6. The Morgan fingerprint density at radius 1 is 1.21 bits per heavy atom. The Morgan fingerprint density at radius 2 is 1.96 bits per heavy atom. The topological polar surface area (TPSA) is 98.1 Å². The molecule has 1 saturated heterocycles. The number of amides is 2. The zero-order valence-electron chi connectivity index (χ0n) is 14.7. The first kappa shape index (κ1) is 19.8. The third-order valence-electron chi connectivity index (χ3n) is 4.13. The maximum Gasteiger partial charge on any atom is 0.416 e. The molecule has 1 aliphatic heterocycles. The largest absolute Gasteiger partial charge is 0.416 e. The molecule has 2 amide bonds. The van der Waals surface area contributed by atoms with Crippen LogP contribution in [0, 0.1) is 0 Å². The van der Waals surface area contributed by atoms with Gasteiger partial charge in [-0.1, -0.05) is 0 Å². The Bertz CT molecular complexity index is 833. The minimum Gasteiger partial charge on any atom is -0.368 e. The summed E-state index contributed by atoms with van der Waals surface area (Å²) in [6, 6.07) is 2.74. The van der Waals surface area contributed by atoms with E-state index in [1.54, 1.807) is 4.57 Å². The van der Waals surface area contributed by atoms with Crippen molar-refractivity contribution >= 4 is 17.5 Å². The summed E-state index contributed by atoms with van der Waals surface area (Å²) in [4.78, 5) is 24.4. The van der Waals surface area contributed by atoms with Crippen molar-refractivity contribution in [3.05, 3.63) is 42.0 Å². The molecule has 0 bridgehead atoms. The van der Waals surface area contributed by atoms with Gasteiger partial charge in [0.15, 0.2) is 0 Å². The van der Waals surface area contributed by atoms with Gasteiger partial charge in [-0.05, 0) is 31.0 Å². The second kappa shape index (κ2) is 8.38. The van der Waals surface area contributed by atoms with E-state index in [9.17, 15) is 22.8 Å². The Hall–Kier alpha value is -2.95. The van der Waals surface area contributed by atoms with Crippen LogP contribution < -0.4 is 10.6 Å². The second-order valence-electron chi connectivity index (χ2n) is 6.24. The third kappa shape index (κ3) is 5.06. The van der Waals surface area contributed by atoms with Crippen LogP contribution in [0.15, 0.2) is 30.9 Å². The van der Waals surface area contributed by atoms with Crippen molar-refractivity contribution in [1.82, 2.24) is 20.1 Å². The van der Waals surface area contributed by atoms with Gasteiger partial charge in [-0.25, -0.2) is 0 Å². The number of aromatic nitrogens is 3. The van der Waals surface area contributed by atoms with E-state index < -0.39 is 29.7 Å². The number of ether oxygens (including phenoxy) is 1. The van der Waals surface area contributed by atoms with Gasteiger partial charge in [0, 0.05) is 30.9 Å². The molecule has 2 aromatic rings. The predicted octanol–water partition coefficient (Wildman–Crippen LogP) is 1.84. The molecule has 1 aliphatic rings. The van der Waals surface area contributed by atoms with E-state index in [0.29, 0.717) is 26.0 Å². The highest BCUT2D eigenvalue weighted by molar-refractivity contribution is 5.98. The average Bonchev–Trinajstić information content (AvgIpc) is 3.34. The molecule has 2 N–H and O–H groups in total. The molecule has 3 rings (SSSR count). The summed E-state index contributed by atoms with van der Waals surface area (Å²) >= 11 is 0. The number of benzene rings is 1. The summed E-state index contributed by atoms with van der Waals surface area (Å²) in [5.74, 6) is -1.22. The van der Waals surface area contributed by atoms with Crippen molar-refractivity contribution < 1.29 is 27.5 Å². The van der Waals surface area contributed by atoms with Gasteiger partial charge >= 0.3 is 6.18 Å². The van der Waals surface area contributed by atoms with Gasteiger partial charge in [0.05, 0.1) is 5.56 Å². The number of nitrogens with zero attached hydrogens (tertiary/aromatic N) is 3. The molecule has 0 unspecified atom stereocenters. The monoisotopic (exact) mass is 397 g/mol. The molecule has 0 spiro atoms. The minimum absolute atomic E-state index is 0.112. The SMILES string of the molecule is O=C(NCCn1cnnc1)c1cc(NC(=O)[C@H]2CCCO2)cc(C(F)(F)F)c1. The van der Waals surface area contributed by atoms with Crippen LogP contribution in [-0.4, -0.2) is 45.8 Å². The van der Waals surface area contributed by atoms with Gasteiger partial charge in [0.2, 0.25) is 0 Å². The Balaban J connectivity index is 1.73. The lowest BCUT2D eigenvalue weighted by atomic mass is 10.1. The van der Waals surface area contributed by atoms with Crippen LogP contribution in [0.5, 0.6) is 0 Å². The van der Waals surface area contributed by atoms with Crippen LogP contribution in [0.2, 0.25) is 0 Å². The molecular weight excluding hydrogens is 379 g/mol. The highest BCUT2D eigenvalue weighted by Crippen LogP contribution is 2.32. The van der Waals surface area contributed by atoms with Gasteiger partial charge in [-0.2, -0.15) is 13.2 Å². The van der Waals surface area contributed by atoms with Crippen LogP contribution in [0.1, 0.15) is 28.8 Å². The van der Waals surface area contributed by atoms with Gasteiger partial charge < -0.3 is 19.9 Å². The standard InChI is InChI=1S/C17H18F3N5O3/c18-17(19,20)12-6-11(15(26)21-3-4-25-9-22-23-10-25)7-13(8-12)24-16(27)14-2-1-5-28-14/h6-10,14H,1-5H2,(H,21,26)(H,24,27)/t14-/m1/s1. The van der Waals surface area contributed by atoms with Crippen molar-refractivity contribution in [2.75, 3.05) is 18.5 Å². The fourth-order valence-corrected chi connectivity index (χ4v) is 2.74. The number of carbonyl (C=O) groups is 2. The van der Waals surface area contributed by atoms with Crippen molar-refractivity contribution in [2.24, 2.45) is 0 Å². The van der Waals surface area contributed by atoms with Crippen molar-refractivity contribution in [1.29, 1.82) is 0 Å². The van der Waals surface area contributed by atoms with E-state index in [1.807, 2.05) is 0 Å². The number of hydrogen-bond donors (Lipinski definition) is 2. The third-order valence-corrected chi connectivity index (χ3v) is 4.13. The van der Waals surface area contributed by atoms with Gasteiger partial charge in [0.1, 0.15) is 18.8 Å². The zero-order valence-corrected chi connectivity index (χ0v) is 14.7. The van der Waals surface area contributed by atoms with Gasteiger partial charge in [-0.3, -0.25) is 9.59 Å². The maximum absolute atomic E-state index is 13.2. The van der Waals surface area contributed by atoms with Crippen molar-refractivity contribution in [3.8, 4) is 0 Å². The molecule has 1 aromatic carbocycles. The molecule has 1 aromatic heterocycles. The summed E-state index contributed by atoms with van der Waals surface area (Å²) in [6.45, 7) is 0.964. The van der Waals surface area contributed by atoms with E-state index in [0.717, 1.165) is 12.1 Å². The second-order valence-corrected chi connectivity index (χ2v) is 6.24. The molecule has 28 heavy (non-hydrogen) atoms. The molecule has 150 valence electrons. The first-order valence-corrected chi connectivity index (χ1v) is 8.58. The first-order valence-electron chi connectivity index (χ1n) is 8.58. The Kier molecular flexibility index (Phi) is 5.93. The molecule has 0 radical (unpaired) electrons. The predicted molar refractivity (Wildman–Crippen MR) is 91.4 cm³/mol. The minimum atomic E-state index is -4.66. The Morgan fingerprint density at radius 3 is 2.61 bits per heavy atom. The number of alkyl halides is 3. The van der Waals surface area contributed by atoms with Gasteiger partial charge in [0.25, 0.3) is 11.8 Å². The van der Waals surface area contributed by atoms with Gasteiger partial charge in [-0.15, -0.1) is 10.2 Å².